The number of para-hydroxylation sites is 1. The minimum Gasteiger partial charge on any atom is -0.376 e. The van der Waals surface area contributed by atoms with E-state index in [1.165, 1.54) is 11.1 Å². The Morgan fingerprint density at radius 1 is 1.15 bits per heavy atom. The van der Waals surface area contributed by atoms with Crippen LogP contribution < -0.4 is 5.32 Å². The Morgan fingerprint density at radius 2 is 2.00 bits per heavy atom. The van der Waals surface area contributed by atoms with Crippen LogP contribution in [0, 0.1) is 13.8 Å². The van der Waals surface area contributed by atoms with Crippen molar-refractivity contribution >= 4 is 16.8 Å². The molecule has 2 aromatic carbocycles. The standard InChI is InChI=1S/C23H24N2O2/c1-15-9-10-17(12-16(15)2)22-13-20(19-7-3-4-8-21(19)25-22)23(26)24-14-18-6-5-11-27-18/h3-4,7-10,12-13,18H,5-6,11,14H2,1-2H3,(H,24,26)/t18-/m1/s1. The Morgan fingerprint density at radius 3 is 2.78 bits per heavy atom. The van der Waals surface area contributed by atoms with E-state index in [0.717, 1.165) is 41.6 Å². The highest BCUT2D eigenvalue weighted by molar-refractivity contribution is 6.07. The number of pyridine rings is 1. The fourth-order valence-corrected chi connectivity index (χ4v) is 3.52. The van der Waals surface area contributed by atoms with Crippen molar-refractivity contribution in [1.82, 2.24) is 10.3 Å². The molecule has 3 aromatic rings. The summed E-state index contributed by atoms with van der Waals surface area (Å²) in [5, 5.41) is 3.91. The number of hydrogen-bond acceptors (Lipinski definition) is 3. The number of carbonyl (C=O) groups excluding carboxylic acids is 1. The lowest BCUT2D eigenvalue weighted by Gasteiger charge is -2.13. The molecule has 1 amide bonds. The predicted molar refractivity (Wildman–Crippen MR) is 108 cm³/mol. The number of rotatable bonds is 4. The van der Waals surface area contributed by atoms with Crippen molar-refractivity contribution in [2.75, 3.05) is 13.2 Å². The summed E-state index contributed by atoms with van der Waals surface area (Å²) in [7, 11) is 0. The highest BCUT2D eigenvalue weighted by Crippen LogP contribution is 2.26. The number of carbonyl (C=O) groups is 1. The molecule has 0 unspecified atom stereocenters. The lowest BCUT2D eigenvalue weighted by molar-refractivity contribution is 0.0859. The maximum absolute atomic E-state index is 12.9. The number of ether oxygens (including phenoxy) is 1. The molecule has 0 spiro atoms. The Kier molecular flexibility index (Phi) is 4.90. The summed E-state index contributed by atoms with van der Waals surface area (Å²) in [6.45, 7) is 5.52. The van der Waals surface area contributed by atoms with Crippen LogP contribution in [0.2, 0.25) is 0 Å². The van der Waals surface area contributed by atoms with Crippen molar-refractivity contribution in [2.24, 2.45) is 0 Å². The molecule has 0 aliphatic carbocycles. The van der Waals surface area contributed by atoms with Crippen molar-refractivity contribution in [3.05, 3.63) is 65.2 Å². The molecule has 4 nitrogen and oxygen atoms in total. The Bertz CT molecular complexity index is 991. The molecule has 0 bridgehead atoms. The number of nitrogens with zero attached hydrogens (tertiary/aromatic N) is 1. The van der Waals surface area contributed by atoms with Gasteiger partial charge in [0.2, 0.25) is 0 Å². The van der Waals surface area contributed by atoms with Gasteiger partial charge in [-0.3, -0.25) is 4.79 Å². The number of aryl methyl sites for hydroxylation is 2. The lowest BCUT2D eigenvalue weighted by atomic mass is 10.0. The van der Waals surface area contributed by atoms with Crippen LogP contribution in [-0.4, -0.2) is 30.1 Å². The maximum atomic E-state index is 12.9. The van der Waals surface area contributed by atoms with Gasteiger partial charge in [-0.05, 0) is 56.0 Å². The molecule has 1 fully saturated rings. The van der Waals surface area contributed by atoms with Crippen LogP contribution in [0.1, 0.15) is 34.3 Å². The predicted octanol–water partition coefficient (Wildman–Crippen LogP) is 4.43. The molecule has 4 rings (SSSR count). The molecule has 1 aliphatic rings. The summed E-state index contributed by atoms with van der Waals surface area (Å²) in [5.74, 6) is -0.0748. The van der Waals surface area contributed by atoms with Crippen molar-refractivity contribution in [3.63, 3.8) is 0 Å². The molecule has 1 aromatic heterocycles. The first-order chi connectivity index (χ1) is 13.1. The maximum Gasteiger partial charge on any atom is 0.252 e. The number of benzene rings is 2. The van der Waals surface area contributed by atoms with Crippen molar-refractivity contribution in [3.8, 4) is 11.3 Å². The van der Waals surface area contributed by atoms with Gasteiger partial charge in [0.15, 0.2) is 0 Å². The van der Waals surface area contributed by atoms with Gasteiger partial charge in [-0.25, -0.2) is 4.98 Å². The van der Waals surface area contributed by atoms with Gasteiger partial charge in [-0.15, -0.1) is 0 Å². The van der Waals surface area contributed by atoms with Gasteiger partial charge in [0, 0.05) is 24.1 Å². The van der Waals surface area contributed by atoms with Crippen LogP contribution in [0.25, 0.3) is 22.2 Å². The lowest BCUT2D eigenvalue weighted by Crippen LogP contribution is -2.31. The minimum atomic E-state index is -0.0748. The molecule has 0 saturated carbocycles. The van der Waals surface area contributed by atoms with E-state index in [1.807, 2.05) is 30.3 Å². The van der Waals surface area contributed by atoms with Crippen molar-refractivity contribution < 1.29 is 9.53 Å². The molecule has 27 heavy (non-hydrogen) atoms. The highest BCUT2D eigenvalue weighted by Gasteiger charge is 2.18. The van der Waals surface area contributed by atoms with Gasteiger partial charge in [0.1, 0.15) is 0 Å². The van der Waals surface area contributed by atoms with Gasteiger partial charge in [0.05, 0.1) is 22.9 Å². The smallest absolute Gasteiger partial charge is 0.252 e. The van der Waals surface area contributed by atoms with E-state index in [2.05, 4.69) is 37.4 Å². The Labute approximate surface area is 159 Å². The van der Waals surface area contributed by atoms with E-state index in [-0.39, 0.29) is 12.0 Å². The van der Waals surface area contributed by atoms with Crippen LogP contribution in [-0.2, 0) is 4.74 Å². The number of aromatic nitrogens is 1. The molecule has 1 aliphatic heterocycles. The van der Waals surface area contributed by atoms with Gasteiger partial charge in [-0.2, -0.15) is 0 Å². The van der Waals surface area contributed by atoms with Gasteiger partial charge < -0.3 is 10.1 Å². The summed E-state index contributed by atoms with van der Waals surface area (Å²) in [4.78, 5) is 17.7. The van der Waals surface area contributed by atoms with Crippen LogP contribution in [0.15, 0.2) is 48.5 Å². The van der Waals surface area contributed by atoms with Crippen molar-refractivity contribution in [2.45, 2.75) is 32.8 Å². The molecule has 138 valence electrons. The Balaban J connectivity index is 1.71. The summed E-state index contributed by atoms with van der Waals surface area (Å²) in [6, 6.07) is 16.0. The summed E-state index contributed by atoms with van der Waals surface area (Å²) < 4.78 is 5.62. The molecule has 1 atom stereocenters. The van der Waals surface area contributed by atoms with E-state index in [4.69, 9.17) is 9.72 Å². The number of fused-ring (bicyclic) bond motifs is 1. The average Bonchev–Trinajstić information content (AvgIpc) is 3.21. The monoisotopic (exact) mass is 360 g/mol. The molecule has 0 radical (unpaired) electrons. The minimum absolute atomic E-state index is 0.0748. The first kappa shape index (κ1) is 17.7. The van der Waals surface area contributed by atoms with E-state index in [0.29, 0.717) is 12.1 Å². The Hall–Kier alpha value is -2.72. The topological polar surface area (TPSA) is 51.2 Å². The largest absolute Gasteiger partial charge is 0.376 e. The van der Waals surface area contributed by atoms with E-state index < -0.39 is 0 Å². The van der Waals surface area contributed by atoms with Crippen molar-refractivity contribution in [1.29, 1.82) is 0 Å². The molecule has 1 N–H and O–H groups in total. The third-order valence-corrected chi connectivity index (χ3v) is 5.28. The fourth-order valence-electron chi connectivity index (χ4n) is 3.52. The molecule has 1 saturated heterocycles. The van der Waals surface area contributed by atoms with E-state index >= 15 is 0 Å². The van der Waals surface area contributed by atoms with E-state index in [1.54, 1.807) is 0 Å². The third-order valence-electron chi connectivity index (χ3n) is 5.28. The zero-order valence-corrected chi connectivity index (χ0v) is 15.8. The zero-order valence-electron chi connectivity index (χ0n) is 15.8. The zero-order chi connectivity index (χ0) is 18.8. The second-order valence-electron chi connectivity index (χ2n) is 7.22. The number of amides is 1. The van der Waals surface area contributed by atoms with Gasteiger partial charge in [-0.1, -0.05) is 30.3 Å². The van der Waals surface area contributed by atoms with E-state index in [9.17, 15) is 4.79 Å². The number of hydrogen-bond donors (Lipinski definition) is 1. The van der Waals surface area contributed by atoms with Gasteiger partial charge >= 0.3 is 0 Å². The van der Waals surface area contributed by atoms with Crippen LogP contribution in [0.3, 0.4) is 0 Å². The SMILES string of the molecule is Cc1ccc(-c2cc(C(=O)NC[C@H]3CCCO3)c3ccccc3n2)cc1C. The molecular formula is C23H24N2O2. The second kappa shape index (κ2) is 7.49. The quantitative estimate of drug-likeness (QED) is 0.749. The van der Waals surface area contributed by atoms with Gasteiger partial charge in [0.25, 0.3) is 5.91 Å². The molecule has 4 heteroatoms. The van der Waals surface area contributed by atoms with Crippen LogP contribution >= 0.6 is 0 Å². The average molecular weight is 360 g/mol. The molecule has 2 heterocycles. The summed E-state index contributed by atoms with van der Waals surface area (Å²) in [6.07, 6.45) is 2.20. The summed E-state index contributed by atoms with van der Waals surface area (Å²) in [5.41, 5.74) is 5.79. The molecular weight excluding hydrogens is 336 g/mol. The summed E-state index contributed by atoms with van der Waals surface area (Å²) >= 11 is 0. The highest BCUT2D eigenvalue weighted by atomic mass is 16.5. The number of nitrogens with one attached hydrogen (secondary N) is 1. The normalized spacial score (nSPS) is 16.6. The third kappa shape index (κ3) is 3.71. The fraction of sp³-hybridized carbons (Fsp3) is 0.304. The van der Waals surface area contributed by atoms with Crippen LogP contribution in [0.5, 0.6) is 0 Å². The second-order valence-corrected chi connectivity index (χ2v) is 7.22. The first-order valence-corrected chi connectivity index (χ1v) is 9.49. The first-order valence-electron chi connectivity index (χ1n) is 9.49. The van der Waals surface area contributed by atoms with Crippen LogP contribution in [0.4, 0.5) is 0 Å².